The van der Waals surface area contributed by atoms with Crippen molar-refractivity contribution in [2.45, 2.75) is 319 Å². The fourth-order valence-corrected chi connectivity index (χ4v) is 7.96. The van der Waals surface area contributed by atoms with Gasteiger partial charge >= 0.3 is 0 Å². The van der Waals surface area contributed by atoms with E-state index in [1.165, 1.54) is 18.2 Å². The number of rotatable bonds is 1. The third-order valence-electron chi connectivity index (χ3n) is 12.8. The van der Waals surface area contributed by atoms with E-state index in [0.717, 1.165) is 27.7 Å². The molecule has 11 N–H and O–H groups in total. The molecular weight excluding hydrogens is 1140 g/mol. The summed E-state index contributed by atoms with van der Waals surface area (Å²) in [6, 6.07) is 5.17. The Kier molecular flexibility index (Phi) is 7.61. The molecule has 0 heterocycles. The van der Waals surface area contributed by atoms with Crippen LogP contribution in [0.2, 0.25) is 0 Å². The Hall–Kier alpha value is -6.28. The highest BCUT2D eigenvalue weighted by Crippen LogP contribution is 2.43. The largest absolute Gasteiger partial charge is 0.508 e. The number of phenols is 5. The van der Waals surface area contributed by atoms with Crippen LogP contribution in [0.25, 0.3) is 0 Å². The third kappa shape index (κ3) is 25.8. The van der Waals surface area contributed by atoms with Crippen molar-refractivity contribution in [2.75, 3.05) is 17.2 Å². The second-order valence-corrected chi connectivity index (χ2v) is 25.4. The van der Waals surface area contributed by atoms with Gasteiger partial charge in [-0.05, 0) is 174 Å². The highest BCUT2D eigenvalue weighted by molar-refractivity contribution is 5.61. The molecule has 6 rings (SSSR count). The van der Waals surface area contributed by atoms with Crippen molar-refractivity contribution in [3.05, 3.63) is 163 Å². The number of aromatic hydroxyl groups is 5. The van der Waals surface area contributed by atoms with E-state index < -0.39 is 326 Å². The SMILES string of the molecule is [2H]C([2H])([2H])C(C)(c1cc(C(C([2H])([2H])[2H])(C([2H])([2H])[2H])C([2H])([2H])[2H])c(N)cc1O)C([2H])([2H])[2H].[2H]C([2H])([2H])C(C)(c1cc(C(C)(C)C)c(N)cc1O)C([2H])([2H])[2H].[2H]Oc1c([2H])cc(C(C([2H])([2H])[2H])(C([2H])([2H])[2H])C([2H])([2H])[2H])cc1C(C)(C([2H])([2H])[2H])C([2H])([2H])[2H].[2H]c1c(C(C)(C)C)c(O)cc(N)c1C(C)(C)C([2H])([2H])[2H].[2H]c1cc(C(C([2H])([2H])[2H])(C([2H])([2H])[2H])C([2H])([2H])[2H])cc(C(C([2H])([2H])[2H])(C([2H])([2H])[2H])C([2H])([2H])[2H])c1C.[2H]c1cc(C(C([2H])([2H])[2H])(C([2H])([2H])[2H])C([2H])([2H])[2H])cc(C(C)(C([2H])([2H])[2H])C([2H])([2H])[2H])c1O. The number of benzene rings is 6. The first-order chi connectivity index (χ1) is 73.2. The maximum absolute atomic E-state index is 10.4. The molecular formula is C85H137N3O5. The van der Waals surface area contributed by atoms with Crippen molar-refractivity contribution in [3.63, 3.8) is 0 Å². The molecule has 0 fully saturated rings. The second kappa shape index (κ2) is 29.8. The first-order valence-electron chi connectivity index (χ1n) is 65.7. The van der Waals surface area contributed by atoms with Gasteiger partial charge in [-0.2, -0.15) is 0 Å². The average Bonchev–Trinajstić information content (AvgIpc) is 0.664. The molecule has 0 radical (unpaired) electrons. The molecule has 0 amide bonds. The molecule has 6 aromatic rings. The van der Waals surface area contributed by atoms with Gasteiger partial charge in [0.1, 0.15) is 28.7 Å². The molecule has 0 aliphatic carbocycles. The number of hydrogen-bond donors (Lipinski definition) is 8. The standard InChI is InChI=1S/C15H24.3C14H23NO.2C14H22O/c1-11-8-9-12(14(2,3)4)10-13(11)15(5,6)7;3*1-13(2,3)9-7-10(14(4,5)6)12(16)8-11(9)15;2*1-13(2,3)10-7-8-12(15)11(9-10)14(4,5)6/h8-10H,1-7H3;3*7-8,16H,15H2,1-6H3;2*7-9,15H,1-6H3/i2D3,3D3,4D3,5D3,6D3,7D3,8D;1D3,2D3,3D3,4D3,5D3;4D3,5D3;1D3,7D;2*1D3,2D3,3D3,4D3,5D3,8D/hD. The maximum Gasteiger partial charge on any atom is 0.293 e. The van der Waals surface area contributed by atoms with Gasteiger partial charge in [-0.15, -0.1) is 0 Å². The summed E-state index contributed by atoms with van der Waals surface area (Å²) >= 11 is 0. The van der Waals surface area contributed by atoms with Gasteiger partial charge in [0.05, 0.1) is 5.48 Å². The summed E-state index contributed by atoms with van der Waals surface area (Å²) in [5.41, 5.74) is -21.3. The zero-order valence-corrected chi connectivity index (χ0v) is 53.8. The molecule has 0 bridgehead atoms. The number of anilines is 3. The van der Waals surface area contributed by atoms with E-state index in [1.54, 1.807) is 13.8 Å². The second-order valence-electron chi connectivity index (χ2n) is 25.4. The smallest absolute Gasteiger partial charge is 0.293 e. The fraction of sp³-hybridized carbons (Fsp3) is 0.576. The van der Waals surface area contributed by atoms with Gasteiger partial charge in [0.15, 0.2) is 0 Å². The van der Waals surface area contributed by atoms with Crippen molar-refractivity contribution >= 4 is 17.1 Å². The topological polar surface area (TPSA) is 179 Å². The zero-order chi connectivity index (χ0) is 138. The summed E-state index contributed by atoms with van der Waals surface area (Å²) in [7, 11) is 0. The Morgan fingerprint density at radius 3 is 0.882 bits per heavy atom. The van der Waals surface area contributed by atoms with Crippen LogP contribution in [0.5, 0.6) is 28.7 Å². The number of hydrogen-bond acceptors (Lipinski definition) is 8. The van der Waals surface area contributed by atoms with Crippen LogP contribution in [0, 0.1) is 6.92 Å². The molecule has 0 unspecified atom stereocenters. The minimum Gasteiger partial charge on any atom is -0.508 e. The highest BCUT2D eigenvalue weighted by Gasteiger charge is 2.29. The van der Waals surface area contributed by atoms with Gasteiger partial charge in [0, 0.05) is 134 Å². The van der Waals surface area contributed by atoms with Gasteiger partial charge in [0.2, 0.25) is 0 Å². The van der Waals surface area contributed by atoms with Crippen LogP contribution in [0.1, 0.15) is 424 Å². The Bertz CT molecular complexity index is 6230. The van der Waals surface area contributed by atoms with Gasteiger partial charge < -0.3 is 42.7 Å². The Labute approximate surface area is 678 Å². The predicted octanol–water partition coefficient (Wildman–Crippen LogP) is 23.3. The lowest BCUT2D eigenvalue weighted by Gasteiger charge is -2.27. The molecule has 8 nitrogen and oxygen atoms in total. The van der Waals surface area contributed by atoms with E-state index in [-0.39, 0.29) is 28.6 Å². The monoisotopic (exact) mass is 1360 g/mol. The van der Waals surface area contributed by atoms with E-state index in [1.807, 2.05) is 41.5 Å². The first-order valence-corrected chi connectivity index (χ1v) is 27.3. The lowest BCUT2D eigenvalue weighted by Crippen LogP contribution is -2.18. The van der Waals surface area contributed by atoms with Crippen molar-refractivity contribution in [1.29, 1.82) is 1.43 Å². The summed E-state index contributed by atoms with van der Waals surface area (Å²) in [6.45, 7) is -65.6. The molecule has 0 saturated carbocycles. The molecule has 93 heavy (non-hydrogen) atoms. The average molecular weight is 1360 g/mol. The minimum absolute atomic E-state index is 0.0103. The van der Waals surface area contributed by atoms with Crippen LogP contribution in [-0.4, -0.2) is 27.0 Å². The van der Waals surface area contributed by atoms with Crippen LogP contribution in [0.15, 0.2) is 90.9 Å². The van der Waals surface area contributed by atoms with E-state index in [0.29, 0.717) is 72.3 Å². The van der Waals surface area contributed by atoms with Crippen molar-refractivity contribution in [2.24, 2.45) is 0 Å². The normalized spacial score (nSPS) is 28.3. The summed E-state index contributed by atoms with van der Waals surface area (Å²) in [6.07, 6.45) is 0. The lowest BCUT2D eigenvalue weighted by atomic mass is 9.79. The summed E-state index contributed by atoms with van der Waals surface area (Å²) in [4.78, 5) is 0. The van der Waals surface area contributed by atoms with Crippen molar-refractivity contribution < 1.29 is 130 Å². The van der Waals surface area contributed by atoms with E-state index >= 15 is 0 Å². The summed E-state index contributed by atoms with van der Waals surface area (Å²) in [5, 5.41) is 45.2. The summed E-state index contributed by atoms with van der Waals surface area (Å²) in [5.74, 6) is -3.48. The predicted molar refractivity (Wildman–Crippen MR) is 409 cm³/mol. The molecule has 6 aromatic carbocycles. The zero-order valence-electron chi connectivity index (χ0n) is 131. The van der Waals surface area contributed by atoms with Gasteiger partial charge in [-0.25, -0.2) is 0 Å². The van der Waals surface area contributed by atoms with Crippen LogP contribution >= 0.6 is 0 Å². The molecule has 522 valence electrons. The van der Waals surface area contributed by atoms with Crippen molar-refractivity contribution in [1.82, 2.24) is 0 Å². The molecule has 0 spiro atoms. The molecule has 0 atom stereocenters. The molecule has 0 saturated heterocycles. The number of phenolic OH excluding ortho intramolecular Hbond substituents is 5. The number of nitrogens with two attached hydrogens (primary N) is 3. The lowest BCUT2D eigenvalue weighted by molar-refractivity contribution is 0.444. The van der Waals surface area contributed by atoms with Crippen LogP contribution in [-0.2, 0) is 65.0 Å². The quantitative estimate of drug-likeness (QED) is 0.0750. The van der Waals surface area contributed by atoms with Crippen molar-refractivity contribution in [3.8, 4) is 28.7 Å². The molecule has 0 aliphatic heterocycles. The maximum atomic E-state index is 10.4. The van der Waals surface area contributed by atoms with E-state index in [4.69, 9.17) is 123 Å². The van der Waals surface area contributed by atoms with Gasteiger partial charge in [-0.3, -0.25) is 0 Å². The van der Waals surface area contributed by atoms with E-state index in [2.05, 4.69) is 5.11 Å². The van der Waals surface area contributed by atoms with Crippen LogP contribution in [0.3, 0.4) is 0 Å². The van der Waals surface area contributed by atoms with E-state index in [9.17, 15) is 20.4 Å². The first kappa shape index (κ1) is 23.8. The van der Waals surface area contributed by atoms with Gasteiger partial charge in [0.25, 0.3) is 1.43 Å². The Morgan fingerprint density at radius 2 is 0.548 bits per heavy atom. The third-order valence-corrected chi connectivity index (χ3v) is 12.8. The number of nitrogen functional groups attached to an aromatic ring is 3. The molecule has 8 heteroatoms. The van der Waals surface area contributed by atoms with Crippen LogP contribution in [0.4, 0.5) is 17.1 Å². The van der Waals surface area contributed by atoms with Crippen LogP contribution < -0.4 is 17.2 Å². The molecule has 0 aliphatic rings. The fourth-order valence-electron chi connectivity index (χ4n) is 7.96. The summed E-state index contributed by atoms with van der Waals surface area (Å²) < 4.78 is 599. The Balaban J connectivity index is 0.00000103. The van der Waals surface area contributed by atoms with Gasteiger partial charge in [-0.1, -0.05) is 290 Å². The minimum atomic E-state index is -3.80. The Morgan fingerprint density at radius 1 is 0.280 bits per heavy atom. The highest BCUT2D eigenvalue weighted by atomic mass is 16.3. The molecule has 0 aromatic heterocycles.